The molecule has 1 unspecified atom stereocenters. The van der Waals surface area contributed by atoms with Crippen molar-refractivity contribution in [3.8, 4) is 5.69 Å². The van der Waals surface area contributed by atoms with Crippen molar-refractivity contribution in [3.05, 3.63) is 42.5 Å². The molecule has 96 valence electrons. The van der Waals surface area contributed by atoms with E-state index in [4.69, 9.17) is 11.6 Å². The lowest BCUT2D eigenvalue weighted by molar-refractivity contribution is 0.786. The number of aromatic nitrogens is 5. The lowest BCUT2D eigenvalue weighted by atomic mass is 10.2. The Hall–Kier alpha value is -2.01. The van der Waals surface area contributed by atoms with E-state index in [1.807, 2.05) is 31.3 Å². The Bertz CT molecular complexity index is 709. The normalized spacial score (nSPS) is 12.7. The van der Waals surface area contributed by atoms with Gasteiger partial charge in [-0.1, -0.05) is 12.1 Å². The Morgan fingerprint density at radius 2 is 2.00 bits per heavy atom. The number of halogens is 1. The first-order valence-electron chi connectivity index (χ1n) is 6.05. The molecular weight excluding hydrogens is 262 g/mol. The van der Waals surface area contributed by atoms with Gasteiger partial charge in [-0.15, -0.1) is 16.7 Å². The van der Waals surface area contributed by atoms with Gasteiger partial charge in [0, 0.05) is 12.4 Å². The summed E-state index contributed by atoms with van der Waals surface area (Å²) in [5.74, 6) is 0. The van der Waals surface area contributed by atoms with Crippen LogP contribution in [0.25, 0.3) is 16.7 Å². The van der Waals surface area contributed by atoms with Gasteiger partial charge in [0.15, 0.2) is 0 Å². The van der Waals surface area contributed by atoms with Crippen LogP contribution >= 0.6 is 11.6 Å². The summed E-state index contributed by atoms with van der Waals surface area (Å²) in [7, 11) is 0. The average molecular weight is 274 g/mol. The number of alkyl halides is 1. The van der Waals surface area contributed by atoms with Gasteiger partial charge in [-0.2, -0.15) is 0 Å². The van der Waals surface area contributed by atoms with Gasteiger partial charge in [0.05, 0.1) is 28.3 Å². The zero-order chi connectivity index (χ0) is 13.2. The minimum Gasteiger partial charge on any atom is -0.253 e. The summed E-state index contributed by atoms with van der Waals surface area (Å²) in [5.41, 5.74) is 3.36. The van der Waals surface area contributed by atoms with Gasteiger partial charge in [-0.25, -0.2) is 4.68 Å². The molecule has 0 saturated heterocycles. The maximum absolute atomic E-state index is 6.15. The highest BCUT2D eigenvalue weighted by Crippen LogP contribution is 2.22. The molecule has 0 aliphatic carbocycles. The third-order valence-electron chi connectivity index (χ3n) is 2.91. The van der Waals surface area contributed by atoms with Crippen LogP contribution in [0.2, 0.25) is 0 Å². The standard InChI is InChI=1S/C13H12ClN5/c1-2-10(14)13-8-19(18-17-13)9-3-4-11-12(7-9)16-6-5-15-11/h3-8,10H,2H2,1H3. The van der Waals surface area contributed by atoms with E-state index in [2.05, 4.69) is 20.3 Å². The fraction of sp³-hybridized carbons (Fsp3) is 0.231. The molecule has 2 heterocycles. The van der Waals surface area contributed by atoms with Crippen molar-refractivity contribution in [2.45, 2.75) is 18.7 Å². The average Bonchev–Trinajstić information content (AvgIpc) is 2.95. The molecule has 2 aromatic heterocycles. The molecule has 0 radical (unpaired) electrons. The van der Waals surface area contributed by atoms with Crippen molar-refractivity contribution in [2.24, 2.45) is 0 Å². The maximum Gasteiger partial charge on any atom is 0.101 e. The molecule has 0 fully saturated rings. The van der Waals surface area contributed by atoms with Gasteiger partial charge in [-0.3, -0.25) is 9.97 Å². The molecule has 1 atom stereocenters. The molecule has 0 bridgehead atoms. The zero-order valence-electron chi connectivity index (χ0n) is 10.4. The third-order valence-corrected chi connectivity index (χ3v) is 3.44. The van der Waals surface area contributed by atoms with Gasteiger partial charge in [0.1, 0.15) is 5.69 Å². The minimum atomic E-state index is -0.103. The Morgan fingerprint density at radius 1 is 1.21 bits per heavy atom. The summed E-state index contributed by atoms with van der Waals surface area (Å²) >= 11 is 6.15. The first-order valence-corrected chi connectivity index (χ1v) is 6.49. The van der Waals surface area contributed by atoms with Gasteiger partial charge in [0.25, 0.3) is 0 Å². The van der Waals surface area contributed by atoms with E-state index in [1.54, 1.807) is 17.1 Å². The van der Waals surface area contributed by atoms with Crippen LogP contribution in [-0.2, 0) is 0 Å². The van der Waals surface area contributed by atoms with Crippen LogP contribution in [0.4, 0.5) is 0 Å². The fourth-order valence-electron chi connectivity index (χ4n) is 1.85. The molecule has 0 saturated carbocycles. The Labute approximate surface area is 115 Å². The van der Waals surface area contributed by atoms with E-state index in [0.29, 0.717) is 0 Å². The second kappa shape index (κ2) is 4.93. The van der Waals surface area contributed by atoms with E-state index in [0.717, 1.165) is 28.8 Å². The molecule has 6 heteroatoms. The molecule has 0 aliphatic rings. The molecule has 1 aromatic carbocycles. The number of hydrogen-bond donors (Lipinski definition) is 0. The number of rotatable bonds is 3. The number of hydrogen-bond acceptors (Lipinski definition) is 4. The highest BCUT2D eigenvalue weighted by molar-refractivity contribution is 6.20. The summed E-state index contributed by atoms with van der Waals surface area (Å²) < 4.78 is 1.70. The first-order chi connectivity index (χ1) is 9.28. The summed E-state index contributed by atoms with van der Waals surface area (Å²) in [6, 6.07) is 5.78. The van der Waals surface area contributed by atoms with Crippen LogP contribution in [0.15, 0.2) is 36.8 Å². The summed E-state index contributed by atoms with van der Waals surface area (Å²) in [5, 5.41) is 8.08. The second-order valence-corrected chi connectivity index (χ2v) is 4.72. The summed E-state index contributed by atoms with van der Waals surface area (Å²) in [6.45, 7) is 2.02. The fourth-order valence-corrected chi connectivity index (χ4v) is 1.95. The topological polar surface area (TPSA) is 56.5 Å². The van der Waals surface area contributed by atoms with E-state index in [9.17, 15) is 0 Å². The van der Waals surface area contributed by atoms with Crippen LogP contribution in [0.5, 0.6) is 0 Å². The maximum atomic E-state index is 6.15. The van der Waals surface area contributed by atoms with Crippen molar-refractivity contribution in [1.29, 1.82) is 0 Å². The highest BCUT2D eigenvalue weighted by Gasteiger charge is 2.11. The summed E-state index contributed by atoms with van der Waals surface area (Å²) in [6.07, 6.45) is 6.02. The van der Waals surface area contributed by atoms with Crippen molar-refractivity contribution in [3.63, 3.8) is 0 Å². The predicted molar refractivity (Wildman–Crippen MR) is 73.3 cm³/mol. The van der Waals surface area contributed by atoms with Gasteiger partial charge in [0.2, 0.25) is 0 Å². The Morgan fingerprint density at radius 3 is 2.79 bits per heavy atom. The van der Waals surface area contributed by atoms with Crippen LogP contribution in [0.1, 0.15) is 24.4 Å². The smallest absolute Gasteiger partial charge is 0.101 e. The minimum absolute atomic E-state index is 0.103. The van der Waals surface area contributed by atoms with Crippen LogP contribution in [0, 0.1) is 0 Å². The molecule has 0 amide bonds. The monoisotopic (exact) mass is 273 g/mol. The van der Waals surface area contributed by atoms with E-state index in [1.165, 1.54) is 0 Å². The SMILES string of the molecule is CCC(Cl)c1cn(-c2ccc3nccnc3c2)nn1. The highest BCUT2D eigenvalue weighted by atomic mass is 35.5. The van der Waals surface area contributed by atoms with Crippen molar-refractivity contribution in [2.75, 3.05) is 0 Å². The molecule has 0 N–H and O–H groups in total. The zero-order valence-corrected chi connectivity index (χ0v) is 11.1. The lowest BCUT2D eigenvalue weighted by Crippen LogP contribution is -1.95. The van der Waals surface area contributed by atoms with Crippen LogP contribution in [0.3, 0.4) is 0 Å². The van der Waals surface area contributed by atoms with Crippen molar-refractivity contribution >= 4 is 22.6 Å². The molecule has 0 spiro atoms. The number of benzene rings is 1. The Balaban J connectivity index is 2.01. The first kappa shape index (κ1) is 12.0. The van der Waals surface area contributed by atoms with E-state index < -0.39 is 0 Å². The Kier molecular flexibility index (Phi) is 3.13. The van der Waals surface area contributed by atoms with Crippen molar-refractivity contribution in [1.82, 2.24) is 25.0 Å². The van der Waals surface area contributed by atoms with Crippen LogP contribution < -0.4 is 0 Å². The predicted octanol–water partition coefficient (Wildman–Crippen LogP) is 2.90. The van der Waals surface area contributed by atoms with E-state index in [-0.39, 0.29) is 5.38 Å². The van der Waals surface area contributed by atoms with Gasteiger partial charge in [-0.05, 0) is 24.6 Å². The van der Waals surface area contributed by atoms with Gasteiger partial charge < -0.3 is 0 Å². The summed E-state index contributed by atoms with van der Waals surface area (Å²) in [4.78, 5) is 8.51. The molecule has 5 nitrogen and oxygen atoms in total. The third kappa shape index (κ3) is 2.29. The van der Waals surface area contributed by atoms with Gasteiger partial charge >= 0.3 is 0 Å². The molecule has 19 heavy (non-hydrogen) atoms. The molecule has 0 aliphatic heterocycles. The number of fused-ring (bicyclic) bond motifs is 1. The number of nitrogens with zero attached hydrogens (tertiary/aromatic N) is 5. The second-order valence-electron chi connectivity index (χ2n) is 4.19. The quantitative estimate of drug-likeness (QED) is 0.689. The van der Waals surface area contributed by atoms with Crippen molar-refractivity contribution < 1.29 is 0 Å². The lowest BCUT2D eigenvalue weighted by Gasteiger charge is -2.02. The molecule has 3 rings (SSSR count). The van der Waals surface area contributed by atoms with E-state index >= 15 is 0 Å². The molecule has 3 aromatic rings. The molecular formula is C13H12ClN5. The largest absolute Gasteiger partial charge is 0.253 e. The van der Waals surface area contributed by atoms with Crippen LogP contribution in [-0.4, -0.2) is 25.0 Å².